The van der Waals surface area contributed by atoms with E-state index in [0.717, 1.165) is 58.2 Å². The molecular formula is C16H31ClN2O2. The Hall–Kier alpha value is -0.320. The summed E-state index contributed by atoms with van der Waals surface area (Å²) in [5, 5.41) is 16.3. The van der Waals surface area contributed by atoms with Crippen LogP contribution in [0.3, 0.4) is 0 Å². The number of hydrogen-bond acceptors (Lipinski definition) is 3. The van der Waals surface area contributed by atoms with Crippen molar-refractivity contribution < 1.29 is 9.90 Å². The molecule has 1 saturated heterocycles. The minimum Gasteiger partial charge on any atom is -0.393 e. The highest BCUT2D eigenvalue weighted by atomic mass is 35.5. The van der Waals surface area contributed by atoms with Crippen molar-refractivity contribution >= 4 is 18.3 Å². The van der Waals surface area contributed by atoms with Crippen molar-refractivity contribution in [2.75, 3.05) is 19.6 Å². The summed E-state index contributed by atoms with van der Waals surface area (Å²) in [5.74, 6) is 0.640. The van der Waals surface area contributed by atoms with Gasteiger partial charge >= 0.3 is 0 Å². The lowest BCUT2D eigenvalue weighted by Gasteiger charge is -2.32. The van der Waals surface area contributed by atoms with Crippen LogP contribution in [-0.2, 0) is 4.79 Å². The van der Waals surface area contributed by atoms with Crippen LogP contribution >= 0.6 is 12.4 Å². The van der Waals surface area contributed by atoms with Crippen LogP contribution in [0.1, 0.15) is 58.3 Å². The van der Waals surface area contributed by atoms with Gasteiger partial charge in [-0.05, 0) is 57.9 Å². The Balaban J connectivity index is 0.00000220. The zero-order valence-electron chi connectivity index (χ0n) is 13.2. The summed E-state index contributed by atoms with van der Waals surface area (Å²) >= 11 is 0. The van der Waals surface area contributed by atoms with Crippen LogP contribution in [0.4, 0.5) is 0 Å². The molecule has 3 N–H and O–H groups in total. The molecule has 5 heteroatoms. The lowest BCUT2D eigenvalue weighted by atomic mass is 9.81. The summed E-state index contributed by atoms with van der Waals surface area (Å²) in [6.07, 6.45) is 8.49. The number of aliphatic hydroxyl groups excluding tert-OH is 1. The molecule has 0 aromatic rings. The maximum absolute atomic E-state index is 12.2. The molecule has 0 aromatic carbocycles. The van der Waals surface area contributed by atoms with E-state index in [-0.39, 0.29) is 29.8 Å². The fraction of sp³-hybridized carbons (Fsp3) is 0.938. The number of hydrogen-bond donors (Lipinski definition) is 3. The van der Waals surface area contributed by atoms with Gasteiger partial charge in [-0.25, -0.2) is 0 Å². The van der Waals surface area contributed by atoms with E-state index in [9.17, 15) is 9.90 Å². The Morgan fingerprint density at radius 2 is 2.10 bits per heavy atom. The molecule has 0 bridgehead atoms. The number of halogens is 1. The monoisotopic (exact) mass is 318 g/mol. The van der Waals surface area contributed by atoms with Gasteiger partial charge in [0.05, 0.1) is 11.5 Å². The number of amides is 1. The maximum atomic E-state index is 12.2. The van der Waals surface area contributed by atoms with Gasteiger partial charge < -0.3 is 15.7 Å². The predicted molar refractivity (Wildman–Crippen MR) is 87.7 cm³/mol. The summed E-state index contributed by atoms with van der Waals surface area (Å²) in [5.41, 5.74) is -0.234. The Morgan fingerprint density at radius 3 is 2.76 bits per heavy atom. The molecule has 4 nitrogen and oxygen atoms in total. The summed E-state index contributed by atoms with van der Waals surface area (Å²) in [7, 11) is 0. The van der Waals surface area contributed by atoms with Gasteiger partial charge in [0.2, 0.25) is 5.91 Å². The van der Waals surface area contributed by atoms with Crippen LogP contribution in [0.2, 0.25) is 0 Å². The zero-order chi connectivity index (χ0) is 14.4. The molecule has 2 rings (SSSR count). The molecule has 0 spiro atoms. The molecule has 1 heterocycles. The number of carbonyl (C=O) groups excluding carboxylic acids is 1. The van der Waals surface area contributed by atoms with Crippen molar-refractivity contribution in [3.8, 4) is 0 Å². The van der Waals surface area contributed by atoms with Gasteiger partial charge in [-0.2, -0.15) is 0 Å². The number of piperidine rings is 1. The summed E-state index contributed by atoms with van der Waals surface area (Å²) in [6, 6.07) is 0. The molecule has 0 aromatic heterocycles. The third kappa shape index (κ3) is 5.42. The van der Waals surface area contributed by atoms with Gasteiger partial charge in [-0.1, -0.05) is 12.8 Å². The SMILES string of the molecule is CC1(C(=O)NCCCC2CCCCC2O)CCCNC1.Cl. The first-order valence-corrected chi connectivity index (χ1v) is 8.29. The lowest BCUT2D eigenvalue weighted by molar-refractivity contribution is -0.131. The minimum absolute atomic E-state index is 0. The first-order valence-electron chi connectivity index (χ1n) is 8.29. The smallest absolute Gasteiger partial charge is 0.227 e. The first-order chi connectivity index (χ1) is 9.62. The second kappa shape index (κ2) is 8.96. The number of aliphatic hydroxyl groups is 1. The Bertz CT molecular complexity index is 319. The second-order valence-corrected chi connectivity index (χ2v) is 6.85. The van der Waals surface area contributed by atoms with E-state index in [4.69, 9.17) is 0 Å². The van der Waals surface area contributed by atoms with Crippen LogP contribution in [0.5, 0.6) is 0 Å². The van der Waals surface area contributed by atoms with Gasteiger partial charge in [0.1, 0.15) is 0 Å². The molecule has 1 aliphatic carbocycles. The van der Waals surface area contributed by atoms with Gasteiger partial charge in [0, 0.05) is 13.1 Å². The topological polar surface area (TPSA) is 61.4 Å². The highest BCUT2D eigenvalue weighted by molar-refractivity contribution is 5.85. The average Bonchev–Trinajstić information content (AvgIpc) is 2.46. The summed E-state index contributed by atoms with van der Waals surface area (Å²) < 4.78 is 0. The number of nitrogens with one attached hydrogen (secondary N) is 2. The predicted octanol–water partition coefficient (Wildman–Crippen LogP) is 2.25. The van der Waals surface area contributed by atoms with Gasteiger partial charge in [-0.3, -0.25) is 4.79 Å². The van der Waals surface area contributed by atoms with E-state index in [1.54, 1.807) is 0 Å². The van der Waals surface area contributed by atoms with E-state index >= 15 is 0 Å². The van der Waals surface area contributed by atoms with E-state index in [2.05, 4.69) is 17.6 Å². The van der Waals surface area contributed by atoms with E-state index in [0.29, 0.717) is 5.92 Å². The lowest BCUT2D eigenvalue weighted by Crippen LogP contribution is -2.48. The number of rotatable bonds is 5. The molecule has 21 heavy (non-hydrogen) atoms. The van der Waals surface area contributed by atoms with Crippen LogP contribution in [0.15, 0.2) is 0 Å². The third-order valence-electron chi connectivity index (χ3n) is 5.05. The van der Waals surface area contributed by atoms with E-state index in [1.165, 1.54) is 12.8 Å². The van der Waals surface area contributed by atoms with Crippen molar-refractivity contribution in [2.45, 2.75) is 64.4 Å². The van der Waals surface area contributed by atoms with Crippen molar-refractivity contribution in [1.29, 1.82) is 0 Å². The molecule has 2 aliphatic rings. The standard InChI is InChI=1S/C16H30N2O2.ClH/c1-16(9-5-10-17-12-16)15(20)18-11-4-7-13-6-2-3-8-14(13)19;/h13-14,17,19H,2-12H2,1H3,(H,18,20);1H. The molecule has 0 radical (unpaired) electrons. The Morgan fingerprint density at radius 1 is 1.33 bits per heavy atom. The van der Waals surface area contributed by atoms with Crippen molar-refractivity contribution in [2.24, 2.45) is 11.3 Å². The van der Waals surface area contributed by atoms with E-state index in [1.807, 2.05) is 0 Å². The van der Waals surface area contributed by atoms with Crippen molar-refractivity contribution in [1.82, 2.24) is 10.6 Å². The quantitative estimate of drug-likeness (QED) is 0.681. The van der Waals surface area contributed by atoms with E-state index < -0.39 is 0 Å². The van der Waals surface area contributed by atoms with Crippen LogP contribution < -0.4 is 10.6 Å². The fourth-order valence-electron chi connectivity index (χ4n) is 3.55. The number of carbonyl (C=O) groups is 1. The molecule has 124 valence electrons. The van der Waals surface area contributed by atoms with Gasteiger partial charge in [-0.15, -0.1) is 12.4 Å². The largest absolute Gasteiger partial charge is 0.393 e. The molecular weight excluding hydrogens is 288 g/mol. The second-order valence-electron chi connectivity index (χ2n) is 6.85. The summed E-state index contributed by atoms with van der Waals surface area (Å²) in [4.78, 5) is 12.2. The zero-order valence-corrected chi connectivity index (χ0v) is 14.0. The van der Waals surface area contributed by atoms with Crippen LogP contribution in [0, 0.1) is 11.3 Å². The first kappa shape index (κ1) is 18.7. The summed E-state index contributed by atoms with van der Waals surface area (Å²) in [6.45, 7) is 4.62. The van der Waals surface area contributed by atoms with Crippen LogP contribution in [0.25, 0.3) is 0 Å². The molecule has 1 aliphatic heterocycles. The normalized spacial score (nSPS) is 33.0. The van der Waals surface area contributed by atoms with Crippen LogP contribution in [-0.4, -0.2) is 36.8 Å². The van der Waals surface area contributed by atoms with Gasteiger partial charge in [0.25, 0.3) is 0 Å². The molecule has 2 fully saturated rings. The van der Waals surface area contributed by atoms with Crippen molar-refractivity contribution in [3.63, 3.8) is 0 Å². The highest BCUT2D eigenvalue weighted by Gasteiger charge is 2.34. The Labute approximate surface area is 134 Å². The van der Waals surface area contributed by atoms with Gasteiger partial charge in [0.15, 0.2) is 0 Å². The highest BCUT2D eigenvalue weighted by Crippen LogP contribution is 2.28. The average molecular weight is 319 g/mol. The maximum Gasteiger partial charge on any atom is 0.227 e. The molecule has 1 amide bonds. The fourth-order valence-corrected chi connectivity index (χ4v) is 3.55. The molecule has 1 saturated carbocycles. The minimum atomic E-state index is -0.234. The third-order valence-corrected chi connectivity index (χ3v) is 5.05. The molecule has 3 unspecified atom stereocenters. The van der Waals surface area contributed by atoms with Crippen molar-refractivity contribution in [3.05, 3.63) is 0 Å². The molecule has 3 atom stereocenters. The Kier molecular flexibility index (Phi) is 7.99.